The van der Waals surface area contributed by atoms with Crippen molar-refractivity contribution < 1.29 is 9.90 Å². The SMILES string of the molecule is O=C(O)c1c[nH]c2ncnc(N3CCC[C@H]3c3nn4ccc(Cl)c4c(=O)n3-c3ccccc3)c12. The number of para-hydroxylation sites is 1. The molecule has 1 aliphatic rings. The number of nitrogens with zero attached hydrogens (tertiary/aromatic N) is 6. The normalized spacial score (nSPS) is 16.0. The number of aromatic nitrogens is 6. The second-order valence-electron chi connectivity index (χ2n) is 8.07. The Morgan fingerprint density at radius 1 is 1.18 bits per heavy atom. The second-order valence-corrected chi connectivity index (χ2v) is 8.48. The Kier molecular flexibility index (Phi) is 4.63. The van der Waals surface area contributed by atoms with Crippen LogP contribution in [0.3, 0.4) is 0 Å². The maximum Gasteiger partial charge on any atom is 0.338 e. The first-order valence-electron chi connectivity index (χ1n) is 10.7. The van der Waals surface area contributed by atoms with E-state index in [1.807, 2.05) is 35.2 Å². The quantitative estimate of drug-likeness (QED) is 0.408. The van der Waals surface area contributed by atoms with Crippen molar-refractivity contribution in [3.63, 3.8) is 0 Å². The minimum Gasteiger partial charge on any atom is -0.478 e. The summed E-state index contributed by atoms with van der Waals surface area (Å²) in [4.78, 5) is 39.1. The maximum absolute atomic E-state index is 13.6. The van der Waals surface area contributed by atoms with Crippen molar-refractivity contribution in [1.29, 1.82) is 0 Å². The number of aromatic carboxylic acids is 1. The first kappa shape index (κ1) is 20.4. The molecule has 11 heteroatoms. The Labute approximate surface area is 197 Å². The molecule has 1 aromatic carbocycles. The van der Waals surface area contributed by atoms with Crippen molar-refractivity contribution in [2.24, 2.45) is 0 Å². The molecule has 1 aliphatic heterocycles. The minimum atomic E-state index is -1.07. The van der Waals surface area contributed by atoms with Gasteiger partial charge in [0, 0.05) is 18.9 Å². The predicted molar refractivity (Wildman–Crippen MR) is 126 cm³/mol. The van der Waals surface area contributed by atoms with Gasteiger partial charge in [0.05, 0.1) is 27.7 Å². The van der Waals surface area contributed by atoms with Gasteiger partial charge in [-0.3, -0.25) is 9.36 Å². The van der Waals surface area contributed by atoms with Crippen molar-refractivity contribution in [1.82, 2.24) is 29.1 Å². The molecule has 1 saturated heterocycles. The van der Waals surface area contributed by atoms with Crippen LogP contribution in [0.1, 0.15) is 35.1 Å². The molecule has 1 fully saturated rings. The third-order valence-corrected chi connectivity index (χ3v) is 6.48. The van der Waals surface area contributed by atoms with Crippen LogP contribution in [0.5, 0.6) is 0 Å². The number of anilines is 1. The minimum absolute atomic E-state index is 0.0947. The average Bonchev–Trinajstić information content (AvgIpc) is 3.57. The lowest BCUT2D eigenvalue weighted by molar-refractivity contribution is 0.0699. The van der Waals surface area contributed by atoms with Crippen molar-refractivity contribution in [3.05, 3.63) is 81.9 Å². The molecule has 5 aromatic rings. The highest BCUT2D eigenvalue weighted by atomic mass is 35.5. The predicted octanol–water partition coefficient (Wildman–Crippen LogP) is 3.45. The Morgan fingerprint density at radius 2 is 2.00 bits per heavy atom. The molecule has 170 valence electrons. The number of aromatic amines is 1. The van der Waals surface area contributed by atoms with E-state index >= 15 is 0 Å². The number of nitrogens with one attached hydrogen (secondary N) is 1. The van der Waals surface area contributed by atoms with Gasteiger partial charge in [-0.2, -0.15) is 5.10 Å². The summed E-state index contributed by atoms with van der Waals surface area (Å²) in [7, 11) is 0. The molecule has 0 spiro atoms. The third kappa shape index (κ3) is 2.99. The molecule has 5 heterocycles. The summed E-state index contributed by atoms with van der Waals surface area (Å²) in [5.74, 6) is -0.0564. The monoisotopic (exact) mass is 475 g/mol. The molecule has 0 unspecified atom stereocenters. The van der Waals surface area contributed by atoms with Crippen LogP contribution in [0.2, 0.25) is 5.02 Å². The first-order valence-corrected chi connectivity index (χ1v) is 11.1. The summed E-state index contributed by atoms with van der Waals surface area (Å²) in [5, 5.41) is 15.3. The lowest BCUT2D eigenvalue weighted by atomic mass is 10.1. The van der Waals surface area contributed by atoms with E-state index in [1.165, 1.54) is 17.0 Å². The van der Waals surface area contributed by atoms with Crippen LogP contribution >= 0.6 is 11.6 Å². The average molecular weight is 476 g/mol. The summed E-state index contributed by atoms with van der Waals surface area (Å²) >= 11 is 6.31. The molecule has 4 aromatic heterocycles. The van der Waals surface area contributed by atoms with E-state index in [4.69, 9.17) is 16.7 Å². The fraction of sp³-hybridized carbons (Fsp3) is 0.174. The molecule has 34 heavy (non-hydrogen) atoms. The molecule has 0 amide bonds. The number of carboxylic acids is 1. The van der Waals surface area contributed by atoms with Gasteiger partial charge in [0.25, 0.3) is 5.56 Å². The Morgan fingerprint density at radius 3 is 2.79 bits per heavy atom. The van der Waals surface area contributed by atoms with Gasteiger partial charge in [0.2, 0.25) is 0 Å². The molecule has 0 aliphatic carbocycles. The van der Waals surface area contributed by atoms with Gasteiger partial charge in [-0.25, -0.2) is 19.3 Å². The Balaban J connectivity index is 1.60. The summed E-state index contributed by atoms with van der Waals surface area (Å²) in [5.41, 5.74) is 1.22. The van der Waals surface area contributed by atoms with E-state index in [2.05, 4.69) is 15.0 Å². The highest BCUT2D eigenvalue weighted by Crippen LogP contribution is 2.38. The molecular formula is C23H18ClN7O3. The van der Waals surface area contributed by atoms with Gasteiger partial charge in [-0.15, -0.1) is 0 Å². The molecule has 0 saturated carbocycles. The van der Waals surface area contributed by atoms with Gasteiger partial charge in [0.1, 0.15) is 23.3 Å². The van der Waals surface area contributed by atoms with Crippen LogP contribution in [0.15, 0.2) is 59.9 Å². The second kappa shape index (κ2) is 7.70. The number of fused-ring (bicyclic) bond motifs is 2. The van der Waals surface area contributed by atoms with E-state index in [9.17, 15) is 14.7 Å². The van der Waals surface area contributed by atoms with Gasteiger partial charge >= 0.3 is 5.97 Å². The largest absolute Gasteiger partial charge is 0.478 e. The number of carboxylic acid groups (broad SMARTS) is 1. The van der Waals surface area contributed by atoms with E-state index in [0.717, 1.165) is 6.42 Å². The number of halogens is 1. The number of H-pyrrole nitrogens is 1. The Hall–Kier alpha value is -4.18. The summed E-state index contributed by atoms with van der Waals surface area (Å²) < 4.78 is 3.09. The van der Waals surface area contributed by atoms with Crippen molar-refractivity contribution in [2.75, 3.05) is 11.4 Å². The lowest BCUT2D eigenvalue weighted by Crippen LogP contribution is -2.33. The summed E-state index contributed by atoms with van der Waals surface area (Å²) in [6.45, 7) is 0.621. The zero-order valence-electron chi connectivity index (χ0n) is 17.7. The molecule has 10 nitrogen and oxygen atoms in total. The van der Waals surface area contributed by atoms with Gasteiger partial charge in [-0.05, 0) is 31.0 Å². The molecule has 2 N–H and O–H groups in total. The molecule has 0 bridgehead atoms. The van der Waals surface area contributed by atoms with Crippen LogP contribution in [-0.2, 0) is 0 Å². The number of carbonyl (C=O) groups is 1. The zero-order valence-corrected chi connectivity index (χ0v) is 18.5. The van der Waals surface area contributed by atoms with E-state index < -0.39 is 5.97 Å². The van der Waals surface area contributed by atoms with E-state index in [0.29, 0.717) is 51.9 Å². The number of hydrogen-bond acceptors (Lipinski definition) is 6. The number of hydrogen-bond donors (Lipinski definition) is 2. The fourth-order valence-electron chi connectivity index (χ4n) is 4.71. The topological polar surface area (TPSA) is 121 Å². The van der Waals surface area contributed by atoms with E-state index in [-0.39, 0.29) is 17.2 Å². The highest BCUT2D eigenvalue weighted by molar-refractivity contribution is 6.33. The van der Waals surface area contributed by atoms with Crippen LogP contribution in [0.4, 0.5) is 5.82 Å². The van der Waals surface area contributed by atoms with Gasteiger partial charge < -0.3 is 15.0 Å². The smallest absolute Gasteiger partial charge is 0.338 e. The number of benzene rings is 1. The fourth-order valence-corrected chi connectivity index (χ4v) is 4.94. The number of rotatable bonds is 4. The van der Waals surface area contributed by atoms with E-state index in [1.54, 1.807) is 16.8 Å². The van der Waals surface area contributed by atoms with Crippen molar-refractivity contribution in [2.45, 2.75) is 18.9 Å². The summed E-state index contributed by atoms with van der Waals surface area (Å²) in [6.07, 6.45) is 6.01. The highest BCUT2D eigenvalue weighted by Gasteiger charge is 2.34. The first-order chi connectivity index (χ1) is 16.5. The molecule has 1 atom stereocenters. The van der Waals surface area contributed by atoms with Crippen LogP contribution in [-0.4, -0.2) is 46.8 Å². The third-order valence-electron chi connectivity index (χ3n) is 6.18. The maximum atomic E-state index is 13.6. The van der Waals surface area contributed by atoms with Crippen LogP contribution < -0.4 is 10.5 Å². The molecule has 0 radical (unpaired) electrons. The van der Waals surface area contributed by atoms with Crippen LogP contribution in [0, 0.1) is 0 Å². The molecular weight excluding hydrogens is 458 g/mol. The summed E-state index contributed by atoms with van der Waals surface area (Å²) in [6, 6.07) is 10.6. The molecule has 6 rings (SSSR count). The van der Waals surface area contributed by atoms with Gasteiger partial charge in [0.15, 0.2) is 5.82 Å². The van der Waals surface area contributed by atoms with Gasteiger partial charge in [-0.1, -0.05) is 29.8 Å². The standard InChI is InChI=1S/C23H18ClN7O3/c24-15-8-10-30-18(15)22(32)31(13-5-2-1-3-6-13)20(28-30)16-7-4-9-29(16)21-17-14(23(33)34)11-25-19(17)26-12-27-21/h1-3,5-6,8,10-12,16H,4,7,9H2,(H,33,34)(H,25,26,27)/t16-/m0/s1. The van der Waals surface area contributed by atoms with Crippen LogP contribution in [0.25, 0.3) is 22.2 Å². The zero-order chi connectivity index (χ0) is 23.4. The lowest BCUT2D eigenvalue weighted by Gasteiger charge is -2.27. The van der Waals surface area contributed by atoms with Crippen molar-refractivity contribution >= 4 is 39.9 Å². The Bertz CT molecular complexity index is 1620. The van der Waals surface area contributed by atoms with Crippen molar-refractivity contribution in [3.8, 4) is 5.69 Å².